The second-order valence-corrected chi connectivity index (χ2v) is 6.95. The highest BCUT2D eigenvalue weighted by molar-refractivity contribution is 7.91. The summed E-state index contributed by atoms with van der Waals surface area (Å²) in [6, 6.07) is 6.99. The van der Waals surface area contributed by atoms with Gasteiger partial charge in [-0.2, -0.15) is 0 Å². The minimum Gasteiger partial charge on any atom is -0.371 e. The Bertz CT molecular complexity index is 539. The summed E-state index contributed by atoms with van der Waals surface area (Å²) in [5, 5.41) is 0. The molecule has 4 nitrogen and oxygen atoms in total. The minimum atomic E-state index is -3.14. The molecule has 0 unspecified atom stereocenters. The monoisotopic (exact) mass is 281 g/mol. The molecule has 104 valence electrons. The summed E-state index contributed by atoms with van der Waals surface area (Å²) in [6.45, 7) is 3.30. The van der Waals surface area contributed by atoms with Crippen LogP contribution in [0.25, 0.3) is 0 Å². The molecular formula is C14H19NO3S. The number of hydrogen-bond donors (Lipinski definition) is 0. The van der Waals surface area contributed by atoms with Crippen LogP contribution in [0, 0.1) is 0 Å². The Balaban J connectivity index is 2.12. The van der Waals surface area contributed by atoms with E-state index in [0.717, 1.165) is 18.8 Å². The zero-order valence-electron chi connectivity index (χ0n) is 11.1. The second-order valence-electron chi connectivity index (χ2n) is 4.84. The molecule has 1 aliphatic heterocycles. The number of Topliss-reactive ketones (excluding diaryl/α,β-unsaturated/α-hetero) is 1. The van der Waals surface area contributed by atoms with Gasteiger partial charge in [0.25, 0.3) is 0 Å². The van der Waals surface area contributed by atoms with Gasteiger partial charge in [-0.25, -0.2) is 8.42 Å². The van der Waals surface area contributed by atoms with Crippen molar-refractivity contribution in [3.05, 3.63) is 24.3 Å². The van der Waals surface area contributed by atoms with Crippen molar-refractivity contribution in [1.82, 2.24) is 0 Å². The first-order valence-electron chi connectivity index (χ1n) is 6.62. The van der Waals surface area contributed by atoms with E-state index in [1.165, 1.54) is 0 Å². The molecule has 0 atom stereocenters. The molecule has 0 radical (unpaired) electrons. The van der Waals surface area contributed by atoms with Crippen molar-refractivity contribution in [3.8, 4) is 0 Å². The van der Waals surface area contributed by atoms with E-state index < -0.39 is 9.84 Å². The molecule has 0 spiro atoms. The molecule has 1 heterocycles. The second kappa shape index (κ2) is 5.74. The van der Waals surface area contributed by atoms with E-state index in [9.17, 15) is 13.2 Å². The van der Waals surface area contributed by atoms with E-state index in [0.29, 0.717) is 29.9 Å². The van der Waals surface area contributed by atoms with Crippen molar-refractivity contribution >= 4 is 21.3 Å². The smallest absolute Gasteiger partial charge is 0.178 e. The molecule has 0 saturated carbocycles. The molecule has 1 aromatic rings. The molecule has 2 rings (SSSR count). The Hall–Kier alpha value is -1.36. The van der Waals surface area contributed by atoms with Crippen molar-refractivity contribution < 1.29 is 13.2 Å². The molecule has 0 bridgehead atoms. The molecule has 1 aromatic carbocycles. The Morgan fingerprint density at radius 1 is 1.11 bits per heavy atom. The maximum atomic E-state index is 11.9. The molecular weight excluding hydrogens is 262 g/mol. The van der Waals surface area contributed by atoms with Crippen LogP contribution in [0.1, 0.15) is 26.2 Å². The Labute approximate surface area is 114 Å². The van der Waals surface area contributed by atoms with Crippen molar-refractivity contribution in [3.63, 3.8) is 0 Å². The van der Waals surface area contributed by atoms with Gasteiger partial charge in [0.2, 0.25) is 0 Å². The summed E-state index contributed by atoms with van der Waals surface area (Å²) in [4.78, 5) is 13.7. The van der Waals surface area contributed by atoms with Crippen LogP contribution in [0.3, 0.4) is 0 Å². The fourth-order valence-electron chi connectivity index (χ4n) is 2.27. The molecule has 0 amide bonds. The van der Waals surface area contributed by atoms with Gasteiger partial charge in [-0.1, -0.05) is 6.92 Å². The van der Waals surface area contributed by atoms with Crippen LogP contribution in [-0.4, -0.2) is 33.0 Å². The average Bonchev–Trinajstić information content (AvgIpc) is 2.40. The molecule has 0 aromatic heterocycles. The number of hydrogen-bond acceptors (Lipinski definition) is 4. The highest BCUT2D eigenvalue weighted by atomic mass is 32.2. The van der Waals surface area contributed by atoms with Crippen LogP contribution in [0.15, 0.2) is 29.2 Å². The number of carbonyl (C=O) groups excluding carboxylic acids is 1. The quantitative estimate of drug-likeness (QED) is 0.847. The van der Waals surface area contributed by atoms with Crippen molar-refractivity contribution in [2.24, 2.45) is 0 Å². The fourth-order valence-corrected chi connectivity index (χ4v) is 3.59. The van der Waals surface area contributed by atoms with Crippen LogP contribution in [-0.2, 0) is 14.6 Å². The Kier molecular flexibility index (Phi) is 4.24. The average molecular weight is 281 g/mol. The van der Waals surface area contributed by atoms with Gasteiger partial charge in [0.15, 0.2) is 9.84 Å². The summed E-state index contributed by atoms with van der Waals surface area (Å²) < 4.78 is 23.8. The summed E-state index contributed by atoms with van der Waals surface area (Å²) in [7, 11) is -3.14. The fraction of sp³-hybridized carbons (Fsp3) is 0.500. The molecule has 5 heteroatoms. The van der Waals surface area contributed by atoms with Crippen molar-refractivity contribution in [1.29, 1.82) is 0 Å². The van der Waals surface area contributed by atoms with Gasteiger partial charge in [-0.15, -0.1) is 0 Å². The van der Waals surface area contributed by atoms with Gasteiger partial charge in [-0.3, -0.25) is 4.79 Å². The maximum absolute atomic E-state index is 11.9. The highest BCUT2D eigenvalue weighted by Crippen LogP contribution is 2.21. The van der Waals surface area contributed by atoms with E-state index in [1.54, 1.807) is 12.1 Å². The lowest BCUT2D eigenvalue weighted by atomic mass is 10.1. The Morgan fingerprint density at radius 2 is 1.68 bits per heavy atom. The van der Waals surface area contributed by atoms with Gasteiger partial charge < -0.3 is 4.90 Å². The van der Waals surface area contributed by atoms with E-state index >= 15 is 0 Å². The van der Waals surface area contributed by atoms with Crippen molar-refractivity contribution in [2.75, 3.05) is 23.7 Å². The zero-order chi connectivity index (χ0) is 13.9. The summed E-state index contributed by atoms with van der Waals surface area (Å²) in [5.41, 5.74) is 0.989. The normalized spacial score (nSPS) is 16.7. The first kappa shape index (κ1) is 14.1. The van der Waals surface area contributed by atoms with E-state index in [-0.39, 0.29) is 5.75 Å². The standard InChI is InChI=1S/C14H19NO3S/c1-2-11-19(17,18)14-5-3-12(4-6-14)15-9-7-13(16)8-10-15/h3-6H,2,7-11H2,1H3. The van der Waals surface area contributed by atoms with Crippen molar-refractivity contribution in [2.45, 2.75) is 31.1 Å². The largest absolute Gasteiger partial charge is 0.371 e. The van der Waals surface area contributed by atoms with E-state index in [1.807, 2.05) is 19.1 Å². The maximum Gasteiger partial charge on any atom is 0.178 e. The number of ketones is 1. The third-order valence-electron chi connectivity index (χ3n) is 3.35. The van der Waals surface area contributed by atoms with E-state index in [2.05, 4.69) is 4.90 Å². The number of carbonyl (C=O) groups is 1. The Morgan fingerprint density at radius 3 is 2.21 bits per heavy atom. The predicted octanol–water partition coefficient (Wildman–Crippen LogP) is 2.04. The molecule has 0 N–H and O–H groups in total. The number of anilines is 1. The number of sulfone groups is 1. The molecule has 0 aliphatic carbocycles. The van der Waals surface area contributed by atoms with Crippen LogP contribution in [0.5, 0.6) is 0 Å². The van der Waals surface area contributed by atoms with Gasteiger partial charge in [0.05, 0.1) is 10.6 Å². The predicted molar refractivity (Wildman–Crippen MR) is 75.2 cm³/mol. The lowest BCUT2D eigenvalue weighted by Gasteiger charge is -2.28. The third-order valence-corrected chi connectivity index (χ3v) is 5.29. The van der Waals surface area contributed by atoms with Crippen LogP contribution in [0.4, 0.5) is 5.69 Å². The van der Waals surface area contributed by atoms with Gasteiger partial charge in [0, 0.05) is 31.6 Å². The lowest BCUT2D eigenvalue weighted by molar-refractivity contribution is -0.119. The lowest BCUT2D eigenvalue weighted by Crippen LogP contribution is -2.33. The van der Waals surface area contributed by atoms with Gasteiger partial charge >= 0.3 is 0 Å². The zero-order valence-corrected chi connectivity index (χ0v) is 11.9. The molecule has 1 fully saturated rings. The molecule has 1 saturated heterocycles. The molecule has 1 aliphatic rings. The SMILES string of the molecule is CCCS(=O)(=O)c1ccc(N2CCC(=O)CC2)cc1. The number of rotatable bonds is 4. The summed E-state index contributed by atoms with van der Waals surface area (Å²) in [5.74, 6) is 0.489. The third kappa shape index (κ3) is 3.35. The van der Waals surface area contributed by atoms with Crippen LogP contribution >= 0.6 is 0 Å². The van der Waals surface area contributed by atoms with Gasteiger partial charge in [-0.05, 0) is 30.7 Å². The van der Waals surface area contributed by atoms with E-state index in [4.69, 9.17) is 0 Å². The summed E-state index contributed by atoms with van der Waals surface area (Å²) >= 11 is 0. The number of benzene rings is 1. The molecule has 19 heavy (non-hydrogen) atoms. The topological polar surface area (TPSA) is 54.5 Å². The van der Waals surface area contributed by atoms with Gasteiger partial charge in [0.1, 0.15) is 5.78 Å². The number of piperidine rings is 1. The highest BCUT2D eigenvalue weighted by Gasteiger charge is 2.17. The number of nitrogens with zero attached hydrogens (tertiary/aromatic N) is 1. The summed E-state index contributed by atoms with van der Waals surface area (Å²) in [6.07, 6.45) is 1.78. The van der Waals surface area contributed by atoms with Crippen LogP contribution < -0.4 is 4.90 Å². The minimum absolute atomic E-state index is 0.185. The first-order valence-corrected chi connectivity index (χ1v) is 8.27. The first-order chi connectivity index (χ1) is 9.03. The van der Waals surface area contributed by atoms with Crippen LogP contribution in [0.2, 0.25) is 0 Å².